The Bertz CT molecular complexity index is 623. The van der Waals surface area contributed by atoms with Gasteiger partial charge in [0.25, 0.3) is 0 Å². The second-order valence-corrected chi connectivity index (χ2v) is 12.9. The van der Waals surface area contributed by atoms with Crippen molar-refractivity contribution in [2.24, 2.45) is 11.8 Å². The quantitative estimate of drug-likeness (QED) is 0.406. The van der Waals surface area contributed by atoms with Gasteiger partial charge in [-0.3, -0.25) is 0 Å². The highest BCUT2D eigenvalue weighted by Crippen LogP contribution is 2.41. The van der Waals surface area contributed by atoms with Gasteiger partial charge < -0.3 is 15.0 Å². The van der Waals surface area contributed by atoms with Gasteiger partial charge in [0, 0.05) is 24.2 Å². The topological polar surface area (TPSA) is 41.6 Å². The fourth-order valence-electron chi connectivity index (χ4n) is 7.61. The standard InChI is InChI=1S/C30H54N2O2/c1-4-30(2,3)34-29(33)32(27-18-9-6-10-19-27)28-20-12-14-24(22-28)23-13-11-17-26(21-23)31-25-15-7-5-8-16-25/h23-28,31H,4-22H2,1-3H3. The maximum Gasteiger partial charge on any atom is 0.410 e. The van der Waals surface area contributed by atoms with E-state index < -0.39 is 0 Å². The van der Waals surface area contributed by atoms with E-state index in [-0.39, 0.29) is 11.7 Å². The van der Waals surface area contributed by atoms with Crippen molar-refractivity contribution in [3.05, 3.63) is 0 Å². The van der Waals surface area contributed by atoms with E-state index in [2.05, 4.69) is 31.0 Å². The molecule has 1 N–H and O–H groups in total. The van der Waals surface area contributed by atoms with E-state index in [9.17, 15) is 4.79 Å². The molecule has 4 unspecified atom stereocenters. The molecule has 4 heteroatoms. The lowest BCUT2D eigenvalue weighted by molar-refractivity contribution is -0.0207. The Labute approximate surface area is 210 Å². The number of nitrogens with zero attached hydrogens (tertiary/aromatic N) is 1. The zero-order valence-corrected chi connectivity index (χ0v) is 22.7. The van der Waals surface area contributed by atoms with E-state index in [1.165, 1.54) is 116 Å². The van der Waals surface area contributed by atoms with Crippen LogP contribution in [0.15, 0.2) is 0 Å². The summed E-state index contributed by atoms with van der Waals surface area (Å²) in [5, 5.41) is 4.08. The first-order valence-electron chi connectivity index (χ1n) is 15.2. The van der Waals surface area contributed by atoms with Gasteiger partial charge in [-0.25, -0.2) is 4.79 Å². The van der Waals surface area contributed by atoms with Crippen LogP contribution in [0.25, 0.3) is 0 Å². The van der Waals surface area contributed by atoms with Crippen LogP contribution in [0.2, 0.25) is 0 Å². The van der Waals surface area contributed by atoms with Gasteiger partial charge in [0.05, 0.1) is 0 Å². The third-order valence-electron chi connectivity index (χ3n) is 9.93. The second-order valence-electron chi connectivity index (χ2n) is 12.9. The largest absolute Gasteiger partial charge is 0.443 e. The number of hydrogen-bond donors (Lipinski definition) is 1. The maximum absolute atomic E-state index is 13.6. The minimum absolute atomic E-state index is 0.0233. The first-order valence-corrected chi connectivity index (χ1v) is 15.2. The van der Waals surface area contributed by atoms with Crippen molar-refractivity contribution in [3.8, 4) is 0 Å². The van der Waals surface area contributed by atoms with Gasteiger partial charge >= 0.3 is 6.09 Å². The number of rotatable bonds is 7. The Kier molecular flexibility index (Phi) is 9.64. The number of amides is 1. The van der Waals surface area contributed by atoms with Crippen LogP contribution in [0.3, 0.4) is 0 Å². The number of nitrogens with one attached hydrogen (secondary N) is 1. The summed E-state index contributed by atoms with van der Waals surface area (Å²) in [5.41, 5.74) is -0.376. The normalized spacial score (nSPS) is 32.3. The first-order chi connectivity index (χ1) is 16.4. The molecule has 4 aliphatic rings. The molecule has 34 heavy (non-hydrogen) atoms. The number of carbonyl (C=O) groups is 1. The third-order valence-corrected chi connectivity index (χ3v) is 9.93. The van der Waals surface area contributed by atoms with Crippen LogP contribution < -0.4 is 5.32 Å². The summed E-state index contributed by atoms with van der Waals surface area (Å²) in [4.78, 5) is 15.8. The molecule has 4 nitrogen and oxygen atoms in total. The molecule has 0 aliphatic heterocycles. The molecule has 0 aromatic heterocycles. The molecule has 0 bridgehead atoms. The summed E-state index contributed by atoms with van der Waals surface area (Å²) in [6.07, 6.45) is 24.6. The van der Waals surface area contributed by atoms with E-state index in [1.54, 1.807) is 0 Å². The lowest BCUT2D eigenvalue weighted by Gasteiger charge is -2.46. The molecule has 4 atom stereocenters. The minimum Gasteiger partial charge on any atom is -0.443 e. The Morgan fingerprint density at radius 3 is 1.97 bits per heavy atom. The van der Waals surface area contributed by atoms with Crippen LogP contribution >= 0.6 is 0 Å². The molecule has 0 spiro atoms. The van der Waals surface area contributed by atoms with E-state index in [4.69, 9.17) is 4.74 Å². The molecule has 0 aromatic carbocycles. The fraction of sp³-hybridized carbons (Fsp3) is 0.967. The SMILES string of the molecule is CCC(C)(C)OC(=O)N(C1CCCCC1)C1CCCC(C2CCCC(NC3CCCCC3)C2)C1. The monoisotopic (exact) mass is 474 g/mol. The molecule has 4 rings (SSSR count). The van der Waals surface area contributed by atoms with Crippen LogP contribution in [0.1, 0.15) is 143 Å². The highest BCUT2D eigenvalue weighted by molar-refractivity contribution is 5.69. The molecular formula is C30H54N2O2. The molecular weight excluding hydrogens is 420 g/mol. The van der Waals surface area contributed by atoms with Crippen LogP contribution in [0, 0.1) is 11.8 Å². The van der Waals surface area contributed by atoms with Gasteiger partial charge in [0.15, 0.2) is 0 Å². The average Bonchev–Trinajstić information content (AvgIpc) is 2.86. The number of carbonyl (C=O) groups excluding carboxylic acids is 1. The van der Waals surface area contributed by atoms with Crippen LogP contribution in [-0.2, 0) is 4.74 Å². The summed E-state index contributed by atoms with van der Waals surface area (Å²) in [6.45, 7) is 6.25. The van der Waals surface area contributed by atoms with Gasteiger partial charge in [-0.05, 0) is 83.5 Å². The van der Waals surface area contributed by atoms with Gasteiger partial charge in [-0.15, -0.1) is 0 Å². The van der Waals surface area contributed by atoms with Crippen molar-refractivity contribution in [1.82, 2.24) is 10.2 Å². The molecule has 196 valence electrons. The van der Waals surface area contributed by atoms with Crippen molar-refractivity contribution >= 4 is 6.09 Å². The summed E-state index contributed by atoms with van der Waals surface area (Å²) < 4.78 is 6.11. The van der Waals surface area contributed by atoms with Crippen molar-refractivity contribution < 1.29 is 9.53 Å². The molecule has 0 heterocycles. The van der Waals surface area contributed by atoms with Crippen LogP contribution in [0.5, 0.6) is 0 Å². The highest BCUT2D eigenvalue weighted by Gasteiger charge is 2.40. The van der Waals surface area contributed by atoms with E-state index in [0.717, 1.165) is 30.3 Å². The van der Waals surface area contributed by atoms with Crippen LogP contribution in [-0.4, -0.2) is 40.8 Å². The van der Waals surface area contributed by atoms with E-state index in [0.29, 0.717) is 12.1 Å². The van der Waals surface area contributed by atoms with E-state index >= 15 is 0 Å². The van der Waals surface area contributed by atoms with E-state index in [1.807, 2.05) is 0 Å². The van der Waals surface area contributed by atoms with Crippen molar-refractivity contribution in [2.75, 3.05) is 0 Å². The molecule has 4 saturated carbocycles. The lowest BCUT2D eigenvalue weighted by atomic mass is 9.70. The van der Waals surface area contributed by atoms with Crippen molar-refractivity contribution in [2.45, 2.75) is 173 Å². The zero-order chi connectivity index (χ0) is 24.0. The summed E-state index contributed by atoms with van der Waals surface area (Å²) in [5.74, 6) is 1.63. The molecule has 1 amide bonds. The molecule has 0 radical (unpaired) electrons. The fourth-order valence-corrected chi connectivity index (χ4v) is 7.61. The predicted molar refractivity (Wildman–Crippen MR) is 141 cm³/mol. The summed E-state index contributed by atoms with van der Waals surface area (Å²) >= 11 is 0. The smallest absolute Gasteiger partial charge is 0.410 e. The second kappa shape index (κ2) is 12.5. The minimum atomic E-state index is -0.376. The number of hydrogen-bond acceptors (Lipinski definition) is 3. The Hall–Kier alpha value is -0.770. The molecule has 4 fully saturated rings. The van der Waals surface area contributed by atoms with Crippen LogP contribution in [0.4, 0.5) is 4.79 Å². The summed E-state index contributed by atoms with van der Waals surface area (Å²) in [6, 6.07) is 2.28. The Morgan fingerprint density at radius 2 is 1.29 bits per heavy atom. The number of ether oxygens (including phenoxy) is 1. The van der Waals surface area contributed by atoms with Gasteiger partial charge in [0.2, 0.25) is 0 Å². The molecule has 4 aliphatic carbocycles. The third kappa shape index (κ3) is 7.14. The van der Waals surface area contributed by atoms with Crippen molar-refractivity contribution in [1.29, 1.82) is 0 Å². The van der Waals surface area contributed by atoms with Gasteiger partial charge in [-0.1, -0.05) is 71.1 Å². The summed E-state index contributed by atoms with van der Waals surface area (Å²) in [7, 11) is 0. The molecule has 0 aromatic rings. The average molecular weight is 475 g/mol. The van der Waals surface area contributed by atoms with Gasteiger partial charge in [-0.2, -0.15) is 0 Å². The molecule has 0 saturated heterocycles. The maximum atomic E-state index is 13.6. The first kappa shape index (κ1) is 26.3. The lowest BCUT2D eigenvalue weighted by Crippen LogP contribution is -2.52. The predicted octanol–water partition coefficient (Wildman–Crippen LogP) is 7.99. The van der Waals surface area contributed by atoms with Gasteiger partial charge in [0.1, 0.15) is 5.60 Å². The Balaban J connectivity index is 1.39. The Morgan fingerprint density at radius 1 is 0.735 bits per heavy atom. The highest BCUT2D eigenvalue weighted by atomic mass is 16.6. The zero-order valence-electron chi connectivity index (χ0n) is 22.7. The van der Waals surface area contributed by atoms with Crippen molar-refractivity contribution in [3.63, 3.8) is 0 Å².